The average Bonchev–Trinajstić information content (AvgIpc) is 2.01. The van der Waals surface area contributed by atoms with Gasteiger partial charge in [0.25, 0.3) is 0 Å². The van der Waals surface area contributed by atoms with Gasteiger partial charge in [0.15, 0.2) is 0 Å². The minimum Gasteiger partial charge on any atom is -0.480 e. The molecule has 0 fully saturated rings. The summed E-state index contributed by atoms with van der Waals surface area (Å²) >= 11 is 0.988. The molecule has 0 aliphatic carbocycles. The lowest BCUT2D eigenvalue weighted by Crippen LogP contribution is -2.32. The second kappa shape index (κ2) is 6.41. The summed E-state index contributed by atoms with van der Waals surface area (Å²) in [6.07, 6.45) is 0. The summed E-state index contributed by atoms with van der Waals surface area (Å²) in [5.74, 6) is -0.847. The Bertz CT molecular complexity index is 188. The Morgan fingerprint density at radius 3 is 2.43 bits per heavy atom. The summed E-state index contributed by atoms with van der Waals surface area (Å²) in [7, 11) is 0. The van der Waals surface area contributed by atoms with Crippen molar-refractivity contribution in [2.24, 2.45) is 5.73 Å². The third-order valence-corrected chi connectivity index (χ3v) is 3.19. The molecule has 0 rings (SSSR count). The first kappa shape index (κ1) is 13.9. The smallest absolute Gasteiger partial charge is 0.441 e. The Balaban J connectivity index is 3.35. The number of halogens is 3. The van der Waals surface area contributed by atoms with E-state index in [1.807, 2.05) is 0 Å². The molecule has 0 amide bonds. The van der Waals surface area contributed by atoms with Gasteiger partial charge in [-0.1, -0.05) is 11.8 Å². The van der Waals surface area contributed by atoms with E-state index in [0.717, 1.165) is 11.8 Å². The van der Waals surface area contributed by atoms with E-state index in [4.69, 9.17) is 10.8 Å². The third-order valence-electron chi connectivity index (χ3n) is 1.11. The van der Waals surface area contributed by atoms with Crippen molar-refractivity contribution >= 4 is 29.5 Å². The molecule has 0 heterocycles. The van der Waals surface area contributed by atoms with Gasteiger partial charge in [0.2, 0.25) is 0 Å². The summed E-state index contributed by atoms with van der Waals surface area (Å²) in [4.78, 5) is 10.2. The van der Waals surface area contributed by atoms with E-state index in [9.17, 15) is 18.0 Å². The fourth-order valence-electron chi connectivity index (χ4n) is 0.498. The van der Waals surface area contributed by atoms with E-state index < -0.39 is 17.5 Å². The normalized spacial score (nSPS) is 14.0. The molecule has 84 valence electrons. The van der Waals surface area contributed by atoms with E-state index >= 15 is 0 Å². The van der Waals surface area contributed by atoms with Crippen molar-refractivity contribution in [1.82, 2.24) is 0 Å². The highest BCUT2D eigenvalue weighted by Gasteiger charge is 2.27. The molecule has 0 radical (unpaired) electrons. The highest BCUT2D eigenvalue weighted by atomic mass is 32.2. The number of carboxylic acids is 1. The number of hydrogen-bond acceptors (Lipinski definition) is 4. The van der Waals surface area contributed by atoms with Crippen LogP contribution in [0.15, 0.2) is 0 Å². The monoisotopic (exact) mass is 249 g/mol. The van der Waals surface area contributed by atoms with Gasteiger partial charge in [0.1, 0.15) is 6.04 Å². The standard InChI is InChI=1S/C6H10F3NO2S2/c7-6(8,9)14-2-1-13-3-4(10)5(11)12/h4H,1-3,10H2,(H,11,12)/t4-/m0/s1. The first-order valence-electron chi connectivity index (χ1n) is 3.60. The molecule has 0 saturated heterocycles. The molecular formula is C6H10F3NO2S2. The van der Waals surface area contributed by atoms with Crippen molar-refractivity contribution in [3.05, 3.63) is 0 Å². The summed E-state index contributed by atoms with van der Waals surface area (Å²) in [5.41, 5.74) is 0.922. The average molecular weight is 249 g/mol. The number of carboxylic acid groups (broad SMARTS) is 1. The second-order valence-electron chi connectivity index (χ2n) is 2.31. The van der Waals surface area contributed by atoms with Gasteiger partial charge < -0.3 is 10.8 Å². The van der Waals surface area contributed by atoms with Crippen molar-refractivity contribution in [2.45, 2.75) is 11.6 Å². The van der Waals surface area contributed by atoms with Crippen LogP contribution in [0.5, 0.6) is 0 Å². The fourth-order valence-corrected chi connectivity index (χ4v) is 2.10. The number of aliphatic carboxylic acids is 1. The van der Waals surface area contributed by atoms with Crippen molar-refractivity contribution in [3.63, 3.8) is 0 Å². The minimum atomic E-state index is -4.21. The summed E-state index contributed by atoms with van der Waals surface area (Å²) in [6, 6.07) is -1.00. The Labute approximate surface area is 87.6 Å². The molecule has 3 N–H and O–H groups in total. The summed E-state index contributed by atoms with van der Waals surface area (Å²) < 4.78 is 34.8. The van der Waals surface area contributed by atoms with Crippen LogP contribution in [0.2, 0.25) is 0 Å². The van der Waals surface area contributed by atoms with Gasteiger partial charge in [0.05, 0.1) is 0 Å². The lowest BCUT2D eigenvalue weighted by molar-refractivity contribution is -0.137. The van der Waals surface area contributed by atoms with E-state index in [-0.39, 0.29) is 29.0 Å². The zero-order valence-electron chi connectivity index (χ0n) is 7.08. The van der Waals surface area contributed by atoms with Gasteiger partial charge in [-0.2, -0.15) is 24.9 Å². The quantitative estimate of drug-likeness (QED) is 0.696. The third kappa shape index (κ3) is 8.52. The van der Waals surface area contributed by atoms with Crippen molar-refractivity contribution < 1.29 is 23.1 Å². The maximum Gasteiger partial charge on any atom is 0.441 e. The number of thioether (sulfide) groups is 2. The molecule has 0 saturated carbocycles. The number of hydrogen-bond donors (Lipinski definition) is 2. The van der Waals surface area contributed by atoms with Crippen LogP contribution in [0.25, 0.3) is 0 Å². The van der Waals surface area contributed by atoms with E-state index in [1.165, 1.54) is 0 Å². The van der Waals surface area contributed by atoms with Crippen LogP contribution in [0.4, 0.5) is 13.2 Å². The zero-order valence-corrected chi connectivity index (χ0v) is 8.71. The maximum atomic E-state index is 11.6. The molecule has 0 unspecified atom stereocenters. The zero-order chi connectivity index (χ0) is 11.2. The molecule has 1 atom stereocenters. The summed E-state index contributed by atoms with van der Waals surface area (Å²) in [5, 5.41) is 8.34. The topological polar surface area (TPSA) is 63.3 Å². The number of carbonyl (C=O) groups is 1. The van der Waals surface area contributed by atoms with Crippen LogP contribution in [0.3, 0.4) is 0 Å². The Hall–Kier alpha value is -0.0800. The van der Waals surface area contributed by atoms with E-state index in [2.05, 4.69) is 0 Å². The largest absolute Gasteiger partial charge is 0.480 e. The number of nitrogens with two attached hydrogens (primary N) is 1. The van der Waals surface area contributed by atoms with Gasteiger partial charge in [0, 0.05) is 17.3 Å². The van der Waals surface area contributed by atoms with Gasteiger partial charge >= 0.3 is 11.5 Å². The van der Waals surface area contributed by atoms with Crippen molar-refractivity contribution in [2.75, 3.05) is 17.3 Å². The van der Waals surface area contributed by atoms with Crippen molar-refractivity contribution in [1.29, 1.82) is 0 Å². The molecule has 0 aliphatic heterocycles. The molecule has 14 heavy (non-hydrogen) atoms. The van der Waals surface area contributed by atoms with Gasteiger partial charge in [-0.15, -0.1) is 0 Å². The van der Waals surface area contributed by atoms with Crippen LogP contribution in [-0.4, -0.2) is 39.9 Å². The van der Waals surface area contributed by atoms with Crippen LogP contribution in [0, 0.1) is 0 Å². The Kier molecular flexibility index (Phi) is 6.38. The molecule has 0 aliphatic rings. The molecule has 0 aromatic rings. The van der Waals surface area contributed by atoms with Crippen LogP contribution < -0.4 is 5.73 Å². The Morgan fingerprint density at radius 2 is 2.00 bits per heavy atom. The van der Waals surface area contributed by atoms with Crippen molar-refractivity contribution in [3.8, 4) is 0 Å². The van der Waals surface area contributed by atoms with Crippen LogP contribution in [0.1, 0.15) is 0 Å². The molecule has 0 aromatic heterocycles. The van der Waals surface area contributed by atoms with E-state index in [1.54, 1.807) is 0 Å². The lowest BCUT2D eigenvalue weighted by atomic mass is 10.4. The second-order valence-corrected chi connectivity index (χ2v) is 4.62. The molecule has 3 nitrogen and oxygen atoms in total. The van der Waals surface area contributed by atoms with Crippen LogP contribution >= 0.6 is 23.5 Å². The summed E-state index contributed by atoms with van der Waals surface area (Å²) in [6.45, 7) is 0. The number of rotatable bonds is 6. The molecule has 0 spiro atoms. The highest BCUT2D eigenvalue weighted by molar-refractivity contribution is 8.03. The molecule has 0 bridgehead atoms. The predicted octanol–water partition coefficient (Wildman–Crippen LogP) is 1.38. The predicted molar refractivity (Wildman–Crippen MR) is 51.4 cm³/mol. The molecule has 8 heteroatoms. The first-order chi connectivity index (χ1) is 6.33. The lowest BCUT2D eigenvalue weighted by Gasteiger charge is -2.07. The van der Waals surface area contributed by atoms with Crippen LogP contribution in [-0.2, 0) is 4.79 Å². The minimum absolute atomic E-state index is 0.0828. The fraction of sp³-hybridized carbons (Fsp3) is 0.833. The first-order valence-corrected chi connectivity index (χ1v) is 5.74. The highest BCUT2D eigenvalue weighted by Crippen LogP contribution is 2.30. The van der Waals surface area contributed by atoms with E-state index in [0.29, 0.717) is 0 Å². The maximum absolute atomic E-state index is 11.6. The Morgan fingerprint density at radius 1 is 1.43 bits per heavy atom. The number of alkyl halides is 3. The van der Waals surface area contributed by atoms with Gasteiger partial charge in [-0.25, -0.2) is 0 Å². The molecule has 0 aromatic carbocycles. The SMILES string of the molecule is N[C@@H](CSCCSC(F)(F)F)C(=O)O. The van der Waals surface area contributed by atoms with Gasteiger partial charge in [-0.3, -0.25) is 4.79 Å². The molecular weight excluding hydrogens is 239 g/mol. The van der Waals surface area contributed by atoms with Gasteiger partial charge in [-0.05, 0) is 0 Å².